The Balaban J connectivity index is 0.00000480. The van der Waals surface area contributed by atoms with Gasteiger partial charge in [-0.2, -0.15) is 0 Å². The van der Waals surface area contributed by atoms with Crippen LogP contribution in [0, 0.1) is 12.8 Å². The molecule has 0 aliphatic carbocycles. The Hall–Kier alpha value is -1.71. The van der Waals surface area contributed by atoms with Crippen molar-refractivity contribution in [3.8, 4) is 5.75 Å². The van der Waals surface area contributed by atoms with Crippen molar-refractivity contribution in [2.75, 3.05) is 40.3 Å². The first kappa shape index (κ1) is 27.3. The highest BCUT2D eigenvalue weighted by atomic mass is 127. The van der Waals surface area contributed by atoms with E-state index in [9.17, 15) is 4.79 Å². The second kappa shape index (κ2) is 13.0. The van der Waals surface area contributed by atoms with Gasteiger partial charge in [0.05, 0.1) is 7.11 Å². The Labute approximate surface area is 204 Å². The van der Waals surface area contributed by atoms with Gasteiger partial charge in [-0.1, -0.05) is 12.1 Å². The van der Waals surface area contributed by atoms with Gasteiger partial charge >= 0.3 is 6.09 Å². The molecule has 1 fully saturated rings. The number of likely N-dealkylation sites (tertiary alicyclic amines) is 1. The predicted octanol–water partition coefficient (Wildman–Crippen LogP) is 3.98. The lowest BCUT2D eigenvalue weighted by Gasteiger charge is -2.34. The summed E-state index contributed by atoms with van der Waals surface area (Å²) in [6, 6.07) is 6.30. The fraction of sp³-hybridized carbons (Fsp3) is 0.652. The zero-order valence-corrected chi connectivity index (χ0v) is 22.1. The molecule has 176 valence electrons. The molecule has 1 aromatic carbocycles. The first-order chi connectivity index (χ1) is 14.2. The van der Waals surface area contributed by atoms with Crippen LogP contribution >= 0.6 is 24.0 Å². The van der Waals surface area contributed by atoms with Crippen LogP contribution in [0.4, 0.5) is 4.79 Å². The number of hydrogen-bond donors (Lipinski definition) is 2. The Morgan fingerprint density at radius 1 is 1.29 bits per heavy atom. The summed E-state index contributed by atoms with van der Waals surface area (Å²) < 4.78 is 10.9. The number of benzene rings is 1. The molecule has 8 heteroatoms. The van der Waals surface area contributed by atoms with Crippen LogP contribution in [0.25, 0.3) is 0 Å². The normalized spacial score (nSPS) is 16.9. The highest BCUT2D eigenvalue weighted by Gasteiger charge is 2.27. The zero-order chi connectivity index (χ0) is 22.1. The van der Waals surface area contributed by atoms with Crippen molar-refractivity contribution in [2.24, 2.45) is 10.9 Å². The SMILES string of the molecule is CN=C(NCCc1ccc(C)c(OC)c1)NCC1CCCN(C(=O)OC(C)(C)C)C1.I. The Kier molecular flexibility index (Phi) is 11.4. The molecule has 1 atom stereocenters. The summed E-state index contributed by atoms with van der Waals surface area (Å²) >= 11 is 0. The van der Waals surface area contributed by atoms with Gasteiger partial charge in [0.15, 0.2) is 5.96 Å². The van der Waals surface area contributed by atoms with Crippen molar-refractivity contribution in [1.29, 1.82) is 0 Å². The van der Waals surface area contributed by atoms with E-state index in [4.69, 9.17) is 9.47 Å². The Bertz CT molecular complexity index is 734. The summed E-state index contributed by atoms with van der Waals surface area (Å²) in [6.07, 6.45) is 2.75. The van der Waals surface area contributed by atoms with Crippen LogP contribution in [-0.4, -0.2) is 62.9 Å². The summed E-state index contributed by atoms with van der Waals surface area (Å²) in [5.41, 5.74) is 1.90. The number of nitrogens with one attached hydrogen (secondary N) is 2. The molecule has 1 heterocycles. The average molecular weight is 546 g/mol. The molecule has 0 radical (unpaired) electrons. The third-order valence-corrected chi connectivity index (χ3v) is 5.13. The third-order valence-electron chi connectivity index (χ3n) is 5.13. The molecule has 0 aromatic heterocycles. The minimum atomic E-state index is -0.463. The van der Waals surface area contributed by atoms with E-state index in [0.717, 1.165) is 56.2 Å². The number of guanidine groups is 1. The van der Waals surface area contributed by atoms with Crippen molar-refractivity contribution >= 4 is 36.0 Å². The standard InChI is InChI=1S/C23H38N4O3.HI/c1-17-9-10-18(14-20(17)29-6)11-12-25-21(24-5)26-15-19-8-7-13-27(16-19)22(28)30-23(2,3)4;/h9-10,14,19H,7-8,11-13,15-16H2,1-6H3,(H2,24,25,26);1H. The van der Waals surface area contributed by atoms with Gasteiger partial charge in [0.25, 0.3) is 0 Å². The van der Waals surface area contributed by atoms with Gasteiger partial charge in [-0.05, 0) is 70.1 Å². The van der Waals surface area contributed by atoms with Crippen molar-refractivity contribution in [3.05, 3.63) is 29.3 Å². The van der Waals surface area contributed by atoms with Gasteiger partial charge in [-0.3, -0.25) is 4.99 Å². The molecule has 1 aromatic rings. The highest BCUT2D eigenvalue weighted by Crippen LogP contribution is 2.20. The number of amides is 1. The summed E-state index contributed by atoms with van der Waals surface area (Å²) in [7, 11) is 3.48. The topological polar surface area (TPSA) is 75.2 Å². The monoisotopic (exact) mass is 546 g/mol. The molecule has 2 N–H and O–H groups in total. The van der Waals surface area contributed by atoms with Crippen LogP contribution in [0.1, 0.15) is 44.7 Å². The molecule has 1 unspecified atom stereocenters. The maximum Gasteiger partial charge on any atom is 0.410 e. The number of halogens is 1. The van der Waals surface area contributed by atoms with Crippen LogP contribution in [0.15, 0.2) is 23.2 Å². The first-order valence-electron chi connectivity index (χ1n) is 10.8. The fourth-order valence-corrected chi connectivity index (χ4v) is 3.53. The molecule has 2 rings (SSSR count). The minimum Gasteiger partial charge on any atom is -0.496 e. The number of hydrogen-bond acceptors (Lipinski definition) is 4. The molecule has 1 aliphatic heterocycles. The lowest BCUT2D eigenvalue weighted by molar-refractivity contribution is 0.0168. The van der Waals surface area contributed by atoms with Gasteiger partial charge in [-0.25, -0.2) is 4.79 Å². The number of piperidine rings is 1. The van der Waals surface area contributed by atoms with Gasteiger partial charge in [0.1, 0.15) is 11.4 Å². The number of ether oxygens (including phenoxy) is 2. The summed E-state index contributed by atoms with van der Waals surface area (Å²) in [5, 5.41) is 6.77. The maximum absolute atomic E-state index is 12.3. The Morgan fingerprint density at radius 2 is 2.03 bits per heavy atom. The van der Waals surface area contributed by atoms with Crippen LogP contribution < -0.4 is 15.4 Å². The first-order valence-corrected chi connectivity index (χ1v) is 10.8. The molecule has 0 saturated carbocycles. The summed E-state index contributed by atoms with van der Waals surface area (Å²) in [6.45, 7) is 10.8. The molecule has 1 saturated heterocycles. The van der Waals surface area contributed by atoms with E-state index in [1.807, 2.05) is 32.6 Å². The molecule has 0 bridgehead atoms. The van der Waals surface area contributed by atoms with Crippen LogP contribution in [-0.2, 0) is 11.2 Å². The van der Waals surface area contributed by atoms with E-state index in [1.165, 1.54) is 5.56 Å². The van der Waals surface area contributed by atoms with Crippen LogP contribution in [0.5, 0.6) is 5.75 Å². The number of rotatable bonds is 6. The lowest BCUT2D eigenvalue weighted by atomic mass is 9.98. The van der Waals surface area contributed by atoms with Crippen molar-refractivity contribution in [1.82, 2.24) is 15.5 Å². The number of aryl methyl sites for hydroxylation is 1. The molecule has 1 aliphatic rings. The van der Waals surface area contributed by atoms with Gasteiger partial charge in [0.2, 0.25) is 0 Å². The minimum absolute atomic E-state index is 0. The lowest BCUT2D eigenvalue weighted by Crippen LogP contribution is -2.47. The number of aliphatic imine (C=N–C) groups is 1. The van der Waals surface area contributed by atoms with Crippen molar-refractivity contribution in [3.63, 3.8) is 0 Å². The van der Waals surface area contributed by atoms with Gasteiger partial charge < -0.3 is 25.0 Å². The third kappa shape index (κ3) is 9.53. The quantitative estimate of drug-likeness (QED) is 0.321. The van der Waals surface area contributed by atoms with E-state index in [0.29, 0.717) is 12.5 Å². The smallest absolute Gasteiger partial charge is 0.410 e. The number of methoxy groups -OCH3 is 1. The maximum atomic E-state index is 12.3. The van der Waals surface area contributed by atoms with E-state index >= 15 is 0 Å². The van der Waals surface area contributed by atoms with Crippen molar-refractivity contribution < 1.29 is 14.3 Å². The predicted molar refractivity (Wildman–Crippen MR) is 137 cm³/mol. The largest absolute Gasteiger partial charge is 0.496 e. The molecular formula is C23H39IN4O3. The van der Waals surface area contributed by atoms with Crippen LogP contribution in [0.2, 0.25) is 0 Å². The molecule has 1 amide bonds. The molecule has 31 heavy (non-hydrogen) atoms. The van der Waals surface area contributed by atoms with Crippen molar-refractivity contribution in [2.45, 2.75) is 52.6 Å². The van der Waals surface area contributed by atoms with Crippen LogP contribution in [0.3, 0.4) is 0 Å². The average Bonchev–Trinajstić information content (AvgIpc) is 2.70. The van der Waals surface area contributed by atoms with E-state index in [1.54, 1.807) is 14.2 Å². The fourth-order valence-electron chi connectivity index (χ4n) is 3.53. The second-order valence-corrected chi connectivity index (χ2v) is 8.87. The van der Waals surface area contributed by atoms with E-state index < -0.39 is 5.60 Å². The number of nitrogens with zero attached hydrogens (tertiary/aromatic N) is 2. The van der Waals surface area contributed by atoms with Gasteiger partial charge in [0, 0.05) is 33.2 Å². The number of carbonyl (C=O) groups is 1. The van der Waals surface area contributed by atoms with E-state index in [-0.39, 0.29) is 30.1 Å². The van der Waals surface area contributed by atoms with E-state index in [2.05, 4.69) is 33.8 Å². The zero-order valence-electron chi connectivity index (χ0n) is 19.8. The number of carbonyl (C=O) groups excluding carboxylic acids is 1. The second-order valence-electron chi connectivity index (χ2n) is 8.87. The van der Waals surface area contributed by atoms with Gasteiger partial charge in [-0.15, -0.1) is 24.0 Å². The Morgan fingerprint density at radius 3 is 2.68 bits per heavy atom. The highest BCUT2D eigenvalue weighted by molar-refractivity contribution is 14.0. The molecule has 0 spiro atoms. The summed E-state index contributed by atoms with van der Waals surface area (Å²) in [4.78, 5) is 18.5. The molecule has 7 nitrogen and oxygen atoms in total. The molecular weight excluding hydrogens is 507 g/mol. The summed E-state index contributed by atoms with van der Waals surface area (Å²) in [5.74, 6) is 2.08.